The van der Waals surface area contributed by atoms with Crippen LogP contribution in [-0.2, 0) is 4.79 Å². The number of carbonyl (C=O) groups is 1. The van der Waals surface area contributed by atoms with Gasteiger partial charge in [-0.2, -0.15) is 0 Å². The molecule has 1 amide bonds. The highest BCUT2D eigenvalue weighted by molar-refractivity contribution is 5.92. The molecule has 4 fully saturated rings. The number of amides is 1. The molecule has 1 N–H and O–H groups in total. The summed E-state index contributed by atoms with van der Waals surface area (Å²) in [5.74, 6) is 1.92. The minimum absolute atomic E-state index is 0.120. The lowest BCUT2D eigenvalue weighted by Gasteiger charge is -2.41. The second-order valence-electron chi connectivity index (χ2n) is 7.36. The molecular formula is C16H26N2O. The van der Waals surface area contributed by atoms with E-state index in [1.165, 1.54) is 44.9 Å². The molecule has 4 aliphatic rings. The molecule has 0 aromatic rings. The first-order valence-corrected chi connectivity index (χ1v) is 8.32. The van der Waals surface area contributed by atoms with Crippen LogP contribution < -0.4 is 5.32 Å². The second-order valence-corrected chi connectivity index (χ2v) is 7.36. The Morgan fingerprint density at radius 1 is 1.16 bits per heavy atom. The van der Waals surface area contributed by atoms with Gasteiger partial charge in [0.25, 0.3) is 0 Å². The summed E-state index contributed by atoms with van der Waals surface area (Å²) in [6.07, 6.45) is 11.9. The Morgan fingerprint density at radius 3 is 2.37 bits per heavy atom. The average molecular weight is 262 g/mol. The van der Waals surface area contributed by atoms with Crippen molar-refractivity contribution in [2.75, 3.05) is 0 Å². The third kappa shape index (κ3) is 1.77. The van der Waals surface area contributed by atoms with Crippen LogP contribution >= 0.6 is 0 Å². The van der Waals surface area contributed by atoms with Crippen molar-refractivity contribution >= 4 is 5.91 Å². The van der Waals surface area contributed by atoms with Crippen molar-refractivity contribution in [2.45, 2.75) is 82.5 Å². The van der Waals surface area contributed by atoms with E-state index in [4.69, 9.17) is 0 Å². The fourth-order valence-corrected chi connectivity index (χ4v) is 4.48. The molecular weight excluding hydrogens is 236 g/mol. The first-order chi connectivity index (χ1) is 9.21. The van der Waals surface area contributed by atoms with E-state index in [1.54, 1.807) is 0 Å². The monoisotopic (exact) mass is 262 g/mol. The molecule has 2 atom stereocenters. The van der Waals surface area contributed by atoms with Crippen LogP contribution in [0.3, 0.4) is 0 Å². The summed E-state index contributed by atoms with van der Waals surface area (Å²) in [6, 6.07) is 0.458. The van der Waals surface area contributed by atoms with Crippen molar-refractivity contribution < 1.29 is 4.79 Å². The zero-order chi connectivity index (χ0) is 13.0. The summed E-state index contributed by atoms with van der Waals surface area (Å²) >= 11 is 0. The van der Waals surface area contributed by atoms with Crippen molar-refractivity contribution in [1.82, 2.24) is 10.2 Å². The van der Waals surface area contributed by atoms with Gasteiger partial charge in [-0.15, -0.1) is 0 Å². The van der Waals surface area contributed by atoms with Gasteiger partial charge in [-0.3, -0.25) is 10.1 Å². The molecule has 106 valence electrons. The molecule has 1 heterocycles. The normalized spacial score (nSPS) is 35.9. The molecule has 0 aromatic heterocycles. The Labute approximate surface area is 116 Å². The van der Waals surface area contributed by atoms with E-state index in [-0.39, 0.29) is 5.54 Å². The molecule has 4 rings (SSSR count). The maximum atomic E-state index is 12.8. The number of hydrogen-bond acceptors (Lipinski definition) is 2. The largest absolute Gasteiger partial charge is 0.322 e. The van der Waals surface area contributed by atoms with Crippen molar-refractivity contribution in [1.29, 1.82) is 0 Å². The highest BCUT2D eigenvalue weighted by atomic mass is 16.2. The van der Waals surface area contributed by atoms with E-state index in [0.29, 0.717) is 24.0 Å². The van der Waals surface area contributed by atoms with Crippen molar-refractivity contribution in [3.63, 3.8) is 0 Å². The molecule has 0 aromatic carbocycles. The van der Waals surface area contributed by atoms with Gasteiger partial charge in [0.1, 0.15) is 0 Å². The molecule has 0 radical (unpaired) electrons. The fraction of sp³-hybridized carbons (Fsp3) is 0.938. The maximum absolute atomic E-state index is 12.8. The fourth-order valence-electron chi connectivity index (χ4n) is 4.48. The minimum Gasteiger partial charge on any atom is -0.322 e. The third-order valence-electron chi connectivity index (χ3n) is 6.23. The van der Waals surface area contributed by atoms with Crippen LogP contribution in [0.15, 0.2) is 0 Å². The van der Waals surface area contributed by atoms with Crippen LogP contribution in [0.2, 0.25) is 0 Å². The predicted molar refractivity (Wildman–Crippen MR) is 74.5 cm³/mol. The molecule has 1 spiro atoms. The third-order valence-corrected chi connectivity index (χ3v) is 6.23. The lowest BCUT2D eigenvalue weighted by atomic mass is 9.79. The summed E-state index contributed by atoms with van der Waals surface area (Å²) in [7, 11) is 0. The van der Waals surface area contributed by atoms with Gasteiger partial charge in [0.15, 0.2) is 0 Å². The molecule has 2 unspecified atom stereocenters. The van der Waals surface area contributed by atoms with Gasteiger partial charge in [-0.1, -0.05) is 19.3 Å². The van der Waals surface area contributed by atoms with Crippen LogP contribution in [0.1, 0.15) is 64.7 Å². The molecule has 3 aliphatic carbocycles. The topological polar surface area (TPSA) is 32.3 Å². The quantitative estimate of drug-likeness (QED) is 0.848. The number of nitrogens with one attached hydrogen (secondary N) is 1. The zero-order valence-electron chi connectivity index (χ0n) is 12.0. The Morgan fingerprint density at radius 2 is 1.84 bits per heavy atom. The van der Waals surface area contributed by atoms with Crippen LogP contribution in [0.25, 0.3) is 0 Å². The Bertz CT molecular complexity index is 380. The lowest BCUT2D eigenvalue weighted by Crippen LogP contribution is -2.50. The van der Waals surface area contributed by atoms with Gasteiger partial charge in [0.2, 0.25) is 5.91 Å². The van der Waals surface area contributed by atoms with Crippen molar-refractivity contribution in [3.8, 4) is 0 Å². The summed E-state index contributed by atoms with van der Waals surface area (Å²) in [5, 5.41) is 3.74. The molecule has 3 heteroatoms. The van der Waals surface area contributed by atoms with Crippen molar-refractivity contribution in [3.05, 3.63) is 0 Å². The number of rotatable bonds is 3. The highest BCUT2D eigenvalue weighted by Crippen LogP contribution is 2.47. The zero-order valence-corrected chi connectivity index (χ0v) is 12.0. The maximum Gasteiger partial charge on any atom is 0.244 e. The number of nitrogens with zero attached hydrogens (tertiary/aromatic N) is 1. The van der Waals surface area contributed by atoms with Gasteiger partial charge < -0.3 is 4.90 Å². The van der Waals surface area contributed by atoms with Gasteiger partial charge in [0, 0.05) is 6.04 Å². The van der Waals surface area contributed by atoms with Gasteiger partial charge in [-0.05, 0) is 57.3 Å². The SMILES string of the molecule is CC(C1CCC1)N1C(=O)C2(CC2)NC1C1CCCC1. The minimum atomic E-state index is -0.120. The van der Waals surface area contributed by atoms with E-state index in [2.05, 4.69) is 17.1 Å². The standard InChI is InChI=1S/C16H26N2O/c1-11(12-7-4-8-12)18-14(13-5-2-3-6-13)17-16(9-10-16)15(18)19/h11-14,17H,2-10H2,1H3. The summed E-state index contributed by atoms with van der Waals surface area (Å²) in [5.41, 5.74) is -0.120. The van der Waals surface area contributed by atoms with E-state index in [1.807, 2.05) is 0 Å². The van der Waals surface area contributed by atoms with E-state index in [9.17, 15) is 4.79 Å². The van der Waals surface area contributed by atoms with E-state index < -0.39 is 0 Å². The molecule has 1 aliphatic heterocycles. The summed E-state index contributed by atoms with van der Waals surface area (Å²) in [4.78, 5) is 15.1. The van der Waals surface area contributed by atoms with Gasteiger partial charge >= 0.3 is 0 Å². The Kier molecular flexibility index (Phi) is 2.70. The smallest absolute Gasteiger partial charge is 0.244 e. The highest BCUT2D eigenvalue weighted by Gasteiger charge is 2.61. The van der Waals surface area contributed by atoms with Crippen LogP contribution in [0.4, 0.5) is 0 Å². The molecule has 3 nitrogen and oxygen atoms in total. The first-order valence-electron chi connectivity index (χ1n) is 8.32. The predicted octanol–water partition coefficient (Wildman–Crippen LogP) is 2.66. The van der Waals surface area contributed by atoms with E-state index in [0.717, 1.165) is 18.8 Å². The lowest BCUT2D eigenvalue weighted by molar-refractivity contribution is -0.135. The summed E-state index contributed by atoms with van der Waals surface area (Å²) < 4.78 is 0. The first kappa shape index (κ1) is 12.2. The molecule has 1 saturated heterocycles. The second kappa shape index (κ2) is 4.21. The Hall–Kier alpha value is -0.570. The van der Waals surface area contributed by atoms with Gasteiger partial charge in [-0.25, -0.2) is 0 Å². The van der Waals surface area contributed by atoms with Crippen molar-refractivity contribution in [2.24, 2.45) is 11.8 Å². The molecule has 19 heavy (non-hydrogen) atoms. The number of hydrogen-bond donors (Lipinski definition) is 1. The van der Waals surface area contributed by atoms with Crippen LogP contribution in [0, 0.1) is 11.8 Å². The van der Waals surface area contributed by atoms with Gasteiger partial charge in [0.05, 0.1) is 11.7 Å². The van der Waals surface area contributed by atoms with E-state index >= 15 is 0 Å². The summed E-state index contributed by atoms with van der Waals surface area (Å²) in [6.45, 7) is 2.30. The average Bonchev–Trinajstić information content (AvgIpc) is 2.81. The molecule has 3 saturated carbocycles. The number of carbonyl (C=O) groups excluding carboxylic acids is 1. The van der Waals surface area contributed by atoms with Crippen LogP contribution in [0.5, 0.6) is 0 Å². The molecule has 0 bridgehead atoms. The van der Waals surface area contributed by atoms with Crippen LogP contribution in [-0.4, -0.2) is 28.6 Å². The Balaban J connectivity index is 1.58.